The third kappa shape index (κ3) is 3.97. The fourth-order valence-corrected chi connectivity index (χ4v) is 3.52. The Morgan fingerprint density at radius 1 is 1.14 bits per heavy atom. The van der Waals surface area contributed by atoms with Crippen molar-refractivity contribution in [2.75, 3.05) is 13.1 Å². The lowest BCUT2D eigenvalue weighted by Gasteiger charge is -2.19. The third-order valence-electron chi connectivity index (χ3n) is 2.52. The Morgan fingerprint density at radius 2 is 1.67 bits per heavy atom. The number of hydrogen-bond donors (Lipinski definition) is 1. The highest BCUT2D eigenvalue weighted by Crippen LogP contribution is 2.22. The second kappa shape index (κ2) is 6.48. The van der Waals surface area contributed by atoms with E-state index in [-0.39, 0.29) is 13.1 Å². The largest absolute Gasteiger partial charge is 0.246 e. The van der Waals surface area contributed by atoms with Crippen LogP contribution in [0.3, 0.4) is 0 Å². The van der Waals surface area contributed by atoms with E-state index >= 15 is 0 Å². The quantitative estimate of drug-likeness (QED) is 0.747. The lowest BCUT2D eigenvalue weighted by atomic mass is 10.3. The Balaban J connectivity index is 3.38. The van der Waals surface area contributed by atoms with Gasteiger partial charge in [0.25, 0.3) is 0 Å². The third-order valence-corrected chi connectivity index (χ3v) is 5.29. The summed E-state index contributed by atoms with van der Waals surface area (Å²) < 4.78 is 61.7. The molecule has 0 saturated heterocycles. The summed E-state index contributed by atoms with van der Waals surface area (Å²) in [7, 11) is -8.25. The van der Waals surface area contributed by atoms with E-state index in [1.54, 1.807) is 0 Å². The molecule has 0 aromatic heterocycles. The number of benzene rings is 1. The molecule has 0 bridgehead atoms. The first-order chi connectivity index (χ1) is 9.64. The molecule has 9 heteroatoms. The summed E-state index contributed by atoms with van der Waals surface area (Å²) in [5, 5.41) is 4.86. The molecule has 1 aromatic carbocycles. The molecule has 21 heavy (non-hydrogen) atoms. The van der Waals surface area contributed by atoms with Crippen LogP contribution in [-0.2, 0) is 20.0 Å². The number of sulfonamides is 2. The maximum Gasteiger partial charge on any atom is 0.246 e. The monoisotopic (exact) mass is 334 g/mol. The highest BCUT2D eigenvalue weighted by Gasteiger charge is 2.26. The molecule has 0 radical (unpaired) electrons. The van der Waals surface area contributed by atoms with E-state index in [0.29, 0.717) is 6.07 Å². The molecule has 2 N–H and O–H groups in total. The molecule has 0 aliphatic carbocycles. The zero-order valence-electron chi connectivity index (χ0n) is 11.1. The van der Waals surface area contributed by atoms with Gasteiger partial charge in [-0.05, 0) is 18.2 Å². The summed E-state index contributed by atoms with van der Waals surface area (Å²) in [6.45, 7) is 6.78. The van der Waals surface area contributed by atoms with Gasteiger partial charge in [-0.25, -0.2) is 26.4 Å². The molecular formula is C12H15FN2O4S2. The van der Waals surface area contributed by atoms with Crippen molar-refractivity contribution in [3.8, 4) is 0 Å². The van der Waals surface area contributed by atoms with Crippen molar-refractivity contribution in [3.63, 3.8) is 0 Å². The molecular weight excluding hydrogens is 319 g/mol. The smallest absolute Gasteiger partial charge is 0.225 e. The van der Waals surface area contributed by atoms with Crippen LogP contribution in [0.1, 0.15) is 0 Å². The number of rotatable bonds is 7. The van der Waals surface area contributed by atoms with E-state index in [1.165, 1.54) is 12.2 Å². The first kappa shape index (κ1) is 17.5. The maximum atomic E-state index is 13.9. The topological polar surface area (TPSA) is 97.5 Å². The predicted molar refractivity (Wildman–Crippen MR) is 76.9 cm³/mol. The second-order valence-electron chi connectivity index (χ2n) is 4.04. The predicted octanol–water partition coefficient (Wildman–Crippen LogP) is 0.836. The fraction of sp³-hybridized carbons (Fsp3) is 0.167. The fourth-order valence-electron chi connectivity index (χ4n) is 1.57. The minimum atomic E-state index is -4.14. The molecule has 0 saturated carbocycles. The molecule has 0 unspecified atom stereocenters. The average molecular weight is 334 g/mol. The molecule has 1 aromatic rings. The molecule has 0 fully saturated rings. The molecule has 0 aliphatic rings. The molecule has 116 valence electrons. The van der Waals surface area contributed by atoms with Crippen LogP contribution in [0, 0.1) is 5.82 Å². The Bertz CT molecular complexity index is 747. The van der Waals surface area contributed by atoms with Crippen molar-refractivity contribution in [2.24, 2.45) is 5.14 Å². The Hall–Kier alpha value is -1.55. The number of hydrogen-bond acceptors (Lipinski definition) is 4. The zero-order valence-corrected chi connectivity index (χ0v) is 12.7. The molecule has 0 atom stereocenters. The van der Waals surface area contributed by atoms with Crippen LogP contribution in [0.25, 0.3) is 0 Å². The minimum Gasteiger partial charge on any atom is -0.225 e. The van der Waals surface area contributed by atoms with Crippen LogP contribution >= 0.6 is 0 Å². The van der Waals surface area contributed by atoms with Gasteiger partial charge >= 0.3 is 0 Å². The molecule has 6 nitrogen and oxygen atoms in total. The van der Waals surface area contributed by atoms with E-state index < -0.39 is 35.7 Å². The number of nitrogens with zero attached hydrogens (tertiary/aromatic N) is 1. The van der Waals surface area contributed by atoms with E-state index in [9.17, 15) is 21.2 Å². The highest BCUT2D eigenvalue weighted by molar-refractivity contribution is 7.89. The van der Waals surface area contributed by atoms with Crippen LogP contribution in [0.5, 0.6) is 0 Å². The van der Waals surface area contributed by atoms with Crippen LogP contribution in [0.15, 0.2) is 53.3 Å². The standard InChI is InChI=1S/C12H15FN2O4S2/c1-3-7-15(8-4-2)21(18,19)12-6-5-10(9-11(12)13)20(14,16)17/h3-6,9H,1-2,7-8H2,(H2,14,16,17). The zero-order chi connectivity index (χ0) is 16.3. The summed E-state index contributed by atoms with van der Waals surface area (Å²) in [4.78, 5) is -1.14. The van der Waals surface area contributed by atoms with E-state index in [1.807, 2.05) is 0 Å². The van der Waals surface area contributed by atoms with Gasteiger partial charge in [-0.2, -0.15) is 4.31 Å². The summed E-state index contributed by atoms with van der Waals surface area (Å²) in [6.07, 6.45) is 2.69. The summed E-state index contributed by atoms with van der Waals surface area (Å²) >= 11 is 0. The lowest BCUT2D eigenvalue weighted by molar-refractivity contribution is 0.466. The van der Waals surface area contributed by atoms with Crippen molar-refractivity contribution >= 4 is 20.0 Å². The number of primary sulfonamides is 1. The summed E-state index contributed by atoms with van der Waals surface area (Å²) in [5.74, 6) is -1.19. The van der Waals surface area contributed by atoms with E-state index in [0.717, 1.165) is 16.4 Å². The Morgan fingerprint density at radius 3 is 2.05 bits per heavy atom. The van der Waals surface area contributed by atoms with Gasteiger partial charge in [0.2, 0.25) is 20.0 Å². The van der Waals surface area contributed by atoms with Gasteiger partial charge in [0, 0.05) is 13.1 Å². The maximum absolute atomic E-state index is 13.9. The molecule has 0 spiro atoms. The van der Waals surface area contributed by atoms with Crippen molar-refractivity contribution in [1.82, 2.24) is 4.31 Å². The van der Waals surface area contributed by atoms with Crippen LogP contribution in [0.4, 0.5) is 4.39 Å². The Kier molecular flexibility index (Phi) is 5.40. The van der Waals surface area contributed by atoms with Gasteiger partial charge in [-0.3, -0.25) is 0 Å². The van der Waals surface area contributed by atoms with Crippen molar-refractivity contribution in [2.45, 2.75) is 9.79 Å². The van der Waals surface area contributed by atoms with Gasteiger partial charge in [0.1, 0.15) is 10.7 Å². The SMILES string of the molecule is C=CCN(CC=C)S(=O)(=O)c1ccc(S(N)(=O)=O)cc1F. The van der Waals surface area contributed by atoms with E-state index in [4.69, 9.17) is 5.14 Å². The normalized spacial score (nSPS) is 12.3. The first-order valence-corrected chi connectivity index (χ1v) is 8.67. The molecule has 0 amide bonds. The van der Waals surface area contributed by atoms with Crippen LogP contribution < -0.4 is 5.14 Å². The second-order valence-corrected chi connectivity index (χ2v) is 7.50. The number of nitrogens with two attached hydrogens (primary N) is 1. The van der Waals surface area contributed by atoms with Crippen molar-refractivity contribution < 1.29 is 21.2 Å². The first-order valence-electron chi connectivity index (χ1n) is 5.69. The van der Waals surface area contributed by atoms with Gasteiger partial charge < -0.3 is 0 Å². The molecule has 1 rings (SSSR count). The van der Waals surface area contributed by atoms with Crippen molar-refractivity contribution in [1.29, 1.82) is 0 Å². The lowest BCUT2D eigenvalue weighted by Crippen LogP contribution is -2.32. The Labute approximate surface area is 123 Å². The van der Waals surface area contributed by atoms with Gasteiger partial charge in [-0.1, -0.05) is 12.2 Å². The minimum absolute atomic E-state index is 0.0370. The van der Waals surface area contributed by atoms with E-state index in [2.05, 4.69) is 13.2 Å². The highest BCUT2D eigenvalue weighted by atomic mass is 32.2. The van der Waals surface area contributed by atoms with Crippen molar-refractivity contribution in [3.05, 3.63) is 49.3 Å². The summed E-state index contributed by atoms with van der Waals surface area (Å²) in [6, 6.07) is 2.37. The number of halogens is 1. The average Bonchev–Trinajstić information content (AvgIpc) is 2.37. The van der Waals surface area contributed by atoms with Crippen LogP contribution in [-0.4, -0.2) is 34.2 Å². The van der Waals surface area contributed by atoms with Gasteiger partial charge in [0.15, 0.2) is 0 Å². The van der Waals surface area contributed by atoms with Gasteiger partial charge in [-0.15, -0.1) is 13.2 Å². The molecule has 0 heterocycles. The van der Waals surface area contributed by atoms with Crippen LogP contribution in [0.2, 0.25) is 0 Å². The van der Waals surface area contributed by atoms with Gasteiger partial charge in [0.05, 0.1) is 4.90 Å². The summed E-state index contributed by atoms with van der Waals surface area (Å²) in [5.41, 5.74) is 0. The molecule has 0 aliphatic heterocycles.